The lowest BCUT2D eigenvalue weighted by Gasteiger charge is -2.10. The van der Waals surface area contributed by atoms with Gasteiger partial charge in [0.15, 0.2) is 5.13 Å². The Kier molecular flexibility index (Phi) is 4.98. The second kappa shape index (κ2) is 6.75. The van der Waals surface area contributed by atoms with Crippen molar-refractivity contribution in [2.45, 2.75) is 27.7 Å². The Hall–Kier alpha value is -2.14. The summed E-state index contributed by atoms with van der Waals surface area (Å²) in [5.41, 5.74) is 11.1. The van der Waals surface area contributed by atoms with Gasteiger partial charge in [0.2, 0.25) is 0 Å². The van der Waals surface area contributed by atoms with E-state index in [0.29, 0.717) is 23.0 Å². The maximum absolute atomic E-state index is 12.3. The van der Waals surface area contributed by atoms with E-state index in [4.69, 9.17) is 10.5 Å². The summed E-state index contributed by atoms with van der Waals surface area (Å²) in [6.07, 6.45) is 1.84. The Labute approximate surface area is 134 Å². The molecule has 5 heteroatoms. The smallest absolute Gasteiger partial charge is 0.340 e. The number of carbonyl (C=O) groups is 1. The van der Waals surface area contributed by atoms with Gasteiger partial charge in [-0.1, -0.05) is 17.7 Å². The van der Waals surface area contributed by atoms with Gasteiger partial charge in [-0.25, -0.2) is 9.78 Å². The number of thiazole rings is 1. The summed E-state index contributed by atoms with van der Waals surface area (Å²) in [6.45, 7) is 8.23. The van der Waals surface area contributed by atoms with Crippen LogP contribution in [-0.2, 0) is 9.53 Å². The number of anilines is 1. The first-order valence-electron chi connectivity index (χ1n) is 7.10. The SMILES string of the molecule is CCOC(=O)/C(=C\c1c(C)cc(C)cc1C)c1csc(N)n1. The maximum Gasteiger partial charge on any atom is 0.340 e. The van der Waals surface area contributed by atoms with Gasteiger partial charge in [-0.05, 0) is 50.5 Å². The topological polar surface area (TPSA) is 65.2 Å². The van der Waals surface area contributed by atoms with Gasteiger partial charge in [0.25, 0.3) is 0 Å². The molecule has 116 valence electrons. The second-order valence-corrected chi connectivity index (χ2v) is 6.05. The zero-order valence-corrected chi connectivity index (χ0v) is 14.1. The number of ether oxygens (including phenoxy) is 1. The molecule has 0 saturated heterocycles. The molecule has 0 radical (unpaired) electrons. The molecule has 2 rings (SSSR count). The Balaban J connectivity index is 2.56. The minimum Gasteiger partial charge on any atom is -0.462 e. The number of nitrogen functional groups attached to an aromatic ring is 1. The fraction of sp³-hybridized carbons (Fsp3) is 0.294. The van der Waals surface area contributed by atoms with Gasteiger partial charge in [-0.3, -0.25) is 0 Å². The fourth-order valence-corrected chi connectivity index (χ4v) is 2.98. The van der Waals surface area contributed by atoms with Gasteiger partial charge < -0.3 is 10.5 Å². The zero-order valence-electron chi connectivity index (χ0n) is 13.3. The van der Waals surface area contributed by atoms with Crippen molar-refractivity contribution in [3.63, 3.8) is 0 Å². The molecular weight excluding hydrogens is 296 g/mol. The zero-order chi connectivity index (χ0) is 16.3. The summed E-state index contributed by atoms with van der Waals surface area (Å²) >= 11 is 1.31. The summed E-state index contributed by atoms with van der Waals surface area (Å²) in [5.74, 6) is -0.382. The van der Waals surface area contributed by atoms with Crippen LogP contribution in [0, 0.1) is 20.8 Å². The van der Waals surface area contributed by atoms with Crippen LogP contribution in [0.3, 0.4) is 0 Å². The molecule has 0 amide bonds. The molecule has 2 aromatic rings. The van der Waals surface area contributed by atoms with Crippen LogP contribution in [0.4, 0.5) is 5.13 Å². The fourth-order valence-electron chi connectivity index (χ4n) is 2.42. The van der Waals surface area contributed by atoms with E-state index in [1.807, 2.05) is 19.9 Å². The maximum atomic E-state index is 12.3. The van der Waals surface area contributed by atoms with Crippen molar-refractivity contribution in [3.8, 4) is 0 Å². The van der Waals surface area contributed by atoms with Crippen LogP contribution >= 0.6 is 11.3 Å². The van der Waals surface area contributed by atoms with Gasteiger partial charge in [-0.2, -0.15) is 0 Å². The molecule has 1 heterocycles. The highest BCUT2D eigenvalue weighted by Gasteiger charge is 2.17. The van der Waals surface area contributed by atoms with Crippen molar-refractivity contribution >= 4 is 34.1 Å². The molecule has 0 saturated carbocycles. The van der Waals surface area contributed by atoms with E-state index in [0.717, 1.165) is 16.7 Å². The van der Waals surface area contributed by atoms with Crippen LogP contribution in [0.2, 0.25) is 0 Å². The molecule has 22 heavy (non-hydrogen) atoms. The monoisotopic (exact) mass is 316 g/mol. The number of hydrogen-bond acceptors (Lipinski definition) is 5. The highest BCUT2D eigenvalue weighted by Crippen LogP contribution is 2.26. The van der Waals surface area contributed by atoms with Crippen LogP contribution in [0.5, 0.6) is 0 Å². The average Bonchev–Trinajstić information content (AvgIpc) is 2.84. The standard InChI is InChI=1S/C17H20N2O2S/c1-5-21-16(20)14(15-9-22-17(18)19-15)8-13-11(3)6-10(2)7-12(13)4/h6-9H,5H2,1-4H3,(H2,18,19)/b14-8-. The van der Waals surface area contributed by atoms with Crippen molar-refractivity contribution in [1.82, 2.24) is 4.98 Å². The number of aromatic nitrogens is 1. The summed E-state index contributed by atoms with van der Waals surface area (Å²) in [5, 5.41) is 2.21. The first-order chi connectivity index (χ1) is 10.4. The Bertz CT molecular complexity index is 709. The van der Waals surface area contributed by atoms with Crippen molar-refractivity contribution in [2.75, 3.05) is 12.3 Å². The van der Waals surface area contributed by atoms with Gasteiger partial charge in [0.1, 0.15) is 0 Å². The molecule has 0 bridgehead atoms. The predicted molar refractivity (Wildman–Crippen MR) is 91.7 cm³/mol. The van der Waals surface area contributed by atoms with Gasteiger partial charge in [-0.15, -0.1) is 11.3 Å². The number of nitrogens with zero attached hydrogens (tertiary/aromatic N) is 1. The van der Waals surface area contributed by atoms with Gasteiger partial charge in [0.05, 0.1) is 17.9 Å². The highest BCUT2D eigenvalue weighted by molar-refractivity contribution is 7.13. The quantitative estimate of drug-likeness (QED) is 0.689. The molecule has 4 nitrogen and oxygen atoms in total. The number of esters is 1. The highest BCUT2D eigenvalue weighted by atomic mass is 32.1. The third-order valence-electron chi connectivity index (χ3n) is 3.32. The molecule has 1 aromatic carbocycles. The minimum absolute atomic E-state index is 0.321. The van der Waals surface area contributed by atoms with Crippen LogP contribution < -0.4 is 5.73 Å². The predicted octanol–water partition coefficient (Wildman–Crippen LogP) is 3.75. The van der Waals surface area contributed by atoms with E-state index in [9.17, 15) is 4.79 Å². The summed E-state index contributed by atoms with van der Waals surface area (Å²) < 4.78 is 5.16. The Morgan fingerprint density at radius 3 is 2.45 bits per heavy atom. The van der Waals surface area contributed by atoms with Crippen LogP contribution in [0.25, 0.3) is 11.6 Å². The van der Waals surface area contributed by atoms with E-state index in [-0.39, 0.29) is 5.97 Å². The summed E-state index contributed by atoms with van der Waals surface area (Å²) in [4.78, 5) is 16.5. The molecule has 0 atom stereocenters. The first-order valence-corrected chi connectivity index (χ1v) is 7.98. The number of rotatable bonds is 4. The van der Waals surface area contributed by atoms with Crippen molar-refractivity contribution in [3.05, 3.63) is 45.5 Å². The molecule has 2 N–H and O–H groups in total. The molecule has 0 fully saturated rings. The molecule has 1 aromatic heterocycles. The molecule has 0 aliphatic heterocycles. The van der Waals surface area contributed by atoms with E-state index in [1.165, 1.54) is 16.9 Å². The lowest BCUT2D eigenvalue weighted by molar-refractivity contribution is -0.136. The Morgan fingerprint density at radius 1 is 1.32 bits per heavy atom. The number of carbonyl (C=O) groups excluding carboxylic acids is 1. The summed E-state index contributed by atoms with van der Waals surface area (Å²) in [7, 11) is 0. The molecule has 0 aliphatic rings. The normalized spacial score (nSPS) is 11.5. The van der Waals surface area contributed by atoms with Crippen LogP contribution in [0.15, 0.2) is 17.5 Å². The number of benzene rings is 1. The lowest BCUT2D eigenvalue weighted by atomic mass is 9.97. The van der Waals surface area contributed by atoms with Crippen molar-refractivity contribution in [1.29, 1.82) is 0 Å². The van der Waals surface area contributed by atoms with Gasteiger partial charge >= 0.3 is 5.97 Å². The Morgan fingerprint density at radius 2 is 1.95 bits per heavy atom. The summed E-state index contributed by atoms with van der Waals surface area (Å²) in [6, 6.07) is 4.19. The van der Waals surface area contributed by atoms with E-state index in [2.05, 4.69) is 24.0 Å². The third-order valence-corrected chi connectivity index (χ3v) is 3.99. The third kappa shape index (κ3) is 3.54. The van der Waals surface area contributed by atoms with Crippen LogP contribution in [-0.4, -0.2) is 17.6 Å². The van der Waals surface area contributed by atoms with E-state index in [1.54, 1.807) is 12.3 Å². The molecule has 0 spiro atoms. The first kappa shape index (κ1) is 16.2. The number of nitrogens with two attached hydrogens (primary N) is 1. The minimum atomic E-state index is -0.382. The number of aryl methyl sites for hydroxylation is 3. The molecule has 0 aliphatic carbocycles. The van der Waals surface area contributed by atoms with Crippen LogP contribution in [0.1, 0.15) is 34.9 Å². The lowest BCUT2D eigenvalue weighted by Crippen LogP contribution is -2.07. The van der Waals surface area contributed by atoms with Crippen molar-refractivity contribution in [2.24, 2.45) is 0 Å². The van der Waals surface area contributed by atoms with E-state index < -0.39 is 0 Å². The van der Waals surface area contributed by atoms with Gasteiger partial charge in [0, 0.05) is 5.38 Å². The molecule has 0 unspecified atom stereocenters. The second-order valence-electron chi connectivity index (χ2n) is 5.16. The van der Waals surface area contributed by atoms with Crippen molar-refractivity contribution < 1.29 is 9.53 Å². The number of hydrogen-bond donors (Lipinski definition) is 1. The van der Waals surface area contributed by atoms with E-state index >= 15 is 0 Å². The average molecular weight is 316 g/mol. The largest absolute Gasteiger partial charge is 0.462 e. The molecular formula is C17H20N2O2S.